The lowest BCUT2D eigenvalue weighted by Gasteiger charge is -2.16. The Morgan fingerprint density at radius 2 is 1.95 bits per heavy atom. The summed E-state index contributed by atoms with van der Waals surface area (Å²) in [5.74, 6) is 1.27. The first kappa shape index (κ1) is 16.1. The number of nitrogens with two attached hydrogens (primary N) is 1. The molecule has 0 saturated heterocycles. The van der Waals surface area contributed by atoms with Crippen molar-refractivity contribution in [1.29, 1.82) is 0 Å². The molecule has 1 unspecified atom stereocenters. The quantitative estimate of drug-likeness (QED) is 0.798. The smallest absolute Gasteiger partial charge is 0.119 e. The maximum absolute atomic E-state index is 5.97. The Morgan fingerprint density at radius 3 is 2.67 bits per heavy atom. The van der Waals surface area contributed by atoms with E-state index in [0.717, 1.165) is 29.7 Å². The summed E-state index contributed by atoms with van der Waals surface area (Å²) < 4.78 is 6.79. The van der Waals surface area contributed by atoms with Crippen molar-refractivity contribution in [3.63, 3.8) is 0 Å². The van der Waals surface area contributed by atoms with Crippen molar-refractivity contribution in [2.45, 2.75) is 25.7 Å². The van der Waals surface area contributed by atoms with E-state index in [2.05, 4.69) is 59.3 Å². The lowest BCUT2D eigenvalue weighted by atomic mass is 9.92. The van der Waals surface area contributed by atoms with Gasteiger partial charge in [-0.3, -0.25) is 0 Å². The third-order valence-electron chi connectivity index (χ3n) is 3.46. The summed E-state index contributed by atoms with van der Waals surface area (Å²) in [6, 6.07) is 16.7. The van der Waals surface area contributed by atoms with E-state index >= 15 is 0 Å². The zero-order chi connectivity index (χ0) is 15.1. The number of halogens is 1. The topological polar surface area (TPSA) is 35.2 Å². The molecule has 0 fully saturated rings. The van der Waals surface area contributed by atoms with Gasteiger partial charge in [-0.25, -0.2) is 0 Å². The number of hydrogen-bond acceptors (Lipinski definition) is 2. The van der Waals surface area contributed by atoms with Crippen LogP contribution in [0.2, 0.25) is 0 Å². The van der Waals surface area contributed by atoms with Crippen molar-refractivity contribution in [1.82, 2.24) is 0 Å². The highest BCUT2D eigenvalue weighted by atomic mass is 79.9. The molecule has 112 valence electrons. The minimum absolute atomic E-state index is 0.323. The first-order chi connectivity index (χ1) is 10.2. The zero-order valence-corrected chi connectivity index (χ0v) is 14.0. The first-order valence-corrected chi connectivity index (χ1v) is 8.19. The summed E-state index contributed by atoms with van der Waals surface area (Å²) in [4.78, 5) is 0. The van der Waals surface area contributed by atoms with Gasteiger partial charge in [0.15, 0.2) is 0 Å². The molecular weight excluding hydrogens is 326 g/mol. The Morgan fingerprint density at radius 1 is 1.14 bits per heavy atom. The van der Waals surface area contributed by atoms with Crippen LogP contribution < -0.4 is 10.5 Å². The predicted molar refractivity (Wildman–Crippen MR) is 91.9 cm³/mol. The minimum Gasteiger partial charge on any atom is -0.494 e. The molecule has 0 aromatic heterocycles. The molecule has 21 heavy (non-hydrogen) atoms. The van der Waals surface area contributed by atoms with Crippen LogP contribution in [0.1, 0.15) is 30.4 Å². The van der Waals surface area contributed by atoms with Gasteiger partial charge in [0.05, 0.1) is 6.61 Å². The van der Waals surface area contributed by atoms with Crippen LogP contribution in [0, 0.1) is 0 Å². The molecule has 2 N–H and O–H groups in total. The van der Waals surface area contributed by atoms with Crippen molar-refractivity contribution >= 4 is 15.9 Å². The molecule has 0 bridgehead atoms. The van der Waals surface area contributed by atoms with Gasteiger partial charge in [0.2, 0.25) is 0 Å². The van der Waals surface area contributed by atoms with Crippen molar-refractivity contribution in [3.8, 4) is 5.75 Å². The Labute approximate surface area is 135 Å². The van der Waals surface area contributed by atoms with Crippen LogP contribution in [0.5, 0.6) is 5.75 Å². The third-order valence-corrected chi connectivity index (χ3v) is 3.95. The molecule has 0 aliphatic heterocycles. The van der Waals surface area contributed by atoms with Crippen LogP contribution in [0.25, 0.3) is 0 Å². The molecule has 0 aliphatic carbocycles. The first-order valence-electron chi connectivity index (χ1n) is 7.40. The Balaban J connectivity index is 2.11. The highest BCUT2D eigenvalue weighted by Gasteiger charge is 2.11. The molecule has 2 aromatic carbocycles. The van der Waals surface area contributed by atoms with Gasteiger partial charge in [-0.2, -0.15) is 0 Å². The fraction of sp³-hybridized carbons (Fsp3) is 0.333. The SMILES string of the molecule is CCCOc1cccc(CC(CN)c2cccc(Br)c2)c1. The van der Waals surface area contributed by atoms with Crippen LogP contribution in [-0.4, -0.2) is 13.2 Å². The van der Waals surface area contributed by atoms with Gasteiger partial charge in [-0.05, 0) is 54.8 Å². The fourth-order valence-corrected chi connectivity index (χ4v) is 2.78. The summed E-state index contributed by atoms with van der Waals surface area (Å²) in [6.07, 6.45) is 1.95. The second kappa shape index (κ2) is 8.20. The summed E-state index contributed by atoms with van der Waals surface area (Å²) >= 11 is 3.52. The van der Waals surface area contributed by atoms with Crippen LogP contribution >= 0.6 is 15.9 Å². The van der Waals surface area contributed by atoms with E-state index in [0.29, 0.717) is 12.5 Å². The molecule has 2 aromatic rings. The normalized spacial score (nSPS) is 12.1. The van der Waals surface area contributed by atoms with E-state index in [4.69, 9.17) is 10.5 Å². The van der Waals surface area contributed by atoms with Crippen molar-refractivity contribution in [2.24, 2.45) is 5.73 Å². The van der Waals surface area contributed by atoms with E-state index in [9.17, 15) is 0 Å². The standard InChI is InChI=1S/C18H22BrNO/c1-2-9-21-18-8-3-5-14(11-18)10-16(13-20)15-6-4-7-17(19)12-15/h3-8,11-12,16H,2,9-10,13,20H2,1H3. The minimum atomic E-state index is 0.323. The van der Waals surface area contributed by atoms with Crippen LogP contribution in [0.15, 0.2) is 53.0 Å². The van der Waals surface area contributed by atoms with Gasteiger partial charge in [-0.1, -0.05) is 47.1 Å². The maximum atomic E-state index is 5.97. The van der Waals surface area contributed by atoms with Gasteiger partial charge in [0.25, 0.3) is 0 Å². The fourth-order valence-electron chi connectivity index (χ4n) is 2.36. The van der Waals surface area contributed by atoms with E-state index in [1.54, 1.807) is 0 Å². The highest BCUT2D eigenvalue weighted by Crippen LogP contribution is 2.24. The average molecular weight is 348 g/mol. The monoisotopic (exact) mass is 347 g/mol. The summed E-state index contributed by atoms with van der Waals surface area (Å²) in [6.45, 7) is 3.51. The Hall–Kier alpha value is -1.32. The number of ether oxygens (including phenoxy) is 1. The summed E-state index contributed by atoms with van der Waals surface area (Å²) in [5.41, 5.74) is 8.51. The molecule has 0 radical (unpaired) electrons. The number of rotatable bonds is 7. The number of benzene rings is 2. The summed E-state index contributed by atoms with van der Waals surface area (Å²) in [5, 5.41) is 0. The van der Waals surface area contributed by atoms with Gasteiger partial charge in [-0.15, -0.1) is 0 Å². The zero-order valence-electron chi connectivity index (χ0n) is 12.4. The van der Waals surface area contributed by atoms with Gasteiger partial charge < -0.3 is 10.5 Å². The van der Waals surface area contributed by atoms with E-state index in [1.165, 1.54) is 11.1 Å². The molecule has 0 saturated carbocycles. The molecule has 0 spiro atoms. The molecule has 0 heterocycles. The second-order valence-electron chi connectivity index (χ2n) is 5.19. The van der Waals surface area contributed by atoms with E-state index in [1.807, 2.05) is 12.1 Å². The molecular formula is C18H22BrNO. The highest BCUT2D eigenvalue weighted by molar-refractivity contribution is 9.10. The molecule has 3 heteroatoms. The van der Waals surface area contributed by atoms with Crippen LogP contribution in [-0.2, 0) is 6.42 Å². The van der Waals surface area contributed by atoms with Crippen molar-refractivity contribution in [2.75, 3.05) is 13.2 Å². The Bertz CT molecular complexity index is 571. The average Bonchev–Trinajstić information content (AvgIpc) is 2.51. The van der Waals surface area contributed by atoms with Crippen molar-refractivity contribution < 1.29 is 4.74 Å². The molecule has 2 rings (SSSR count). The molecule has 0 amide bonds. The Kier molecular flexibility index (Phi) is 6.27. The lowest BCUT2D eigenvalue weighted by Crippen LogP contribution is -2.15. The molecule has 0 aliphatic rings. The summed E-state index contributed by atoms with van der Waals surface area (Å²) in [7, 11) is 0. The lowest BCUT2D eigenvalue weighted by molar-refractivity contribution is 0.317. The molecule has 1 atom stereocenters. The largest absolute Gasteiger partial charge is 0.494 e. The maximum Gasteiger partial charge on any atom is 0.119 e. The predicted octanol–water partition coefficient (Wildman–Crippen LogP) is 4.52. The second-order valence-corrected chi connectivity index (χ2v) is 6.10. The van der Waals surface area contributed by atoms with Gasteiger partial charge in [0.1, 0.15) is 5.75 Å². The van der Waals surface area contributed by atoms with E-state index < -0.39 is 0 Å². The van der Waals surface area contributed by atoms with E-state index in [-0.39, 0.29) is 0 Å². The third kappa shape index (κ3) is 4.87. The molecule has 2 nitrogen and oxygen atoms in total. The van der Waals surface area contributed by atoms with Crippen LogP contribution in [0.3, 0.4) is 0 Å². The van der Waals surface area contributed by atoms with Crippen LogP contribution in [0.4, 0.5) is 0 Å². The van der Waals surface area contributed by atoms with Gasteiger partial charge in [0, 0.05) is 10.4 Å². The van der Waals surface area contributed by atoms with Crippen molar-refractivity contribution in [3.05, 3.63) is 64.1 Å². The number of hydrogen-bond donors (Lipinski definition) is 1. The van der Waals surface area contributed by atoms with Gasteiger partial charge >= 0.3 is 0 Å².